The number of fused-ring (bicyclic) bond motifs is 1. The number of thioether (sulfide) groups is 1. The van der Waals surface area contributed by atoms with E-state index < -0.39 is 0 Å². The Balaban J connectivity index is 1.67. The van der Waals surface area contributed by atoms with Gasteiger partial charge in [-0.2, -0.15) is 0 Å². The molecule has 0 atom stereocenters. The largest absolute Gasteiger partial charge is 0.379 e. The third-order valence-corrected chi connectivity index (χ3v) is 6.01. The number of aromatic nitrogens is 2. The maximum atomic E-state index is 13.3. The number of ether oxygens (including phenoxy) is 1. The van der Waals surface area contributed by atoms with Gasteiger partial charge < -0.3 is 4.74 Å². The molecule has 0 amide bonds. The van der Waals surface area contributed by atoms with Gasteiger partial charge in [-0.3, -0.25) is 14.3 Å². The van der Waals surface area contributed by atoms with Gasteiger partial charge in [-0.15, -0.1) is 0 Å². The Kier molecular flexibility index (Phi) is 6.10. The molecule has 0 N–H and O–H groups in total. The first-order chi connectivity index (χ1) is 13.8. The molecule has 5 nitrogen and oxygen atoms in total. The molecule has 4 rings (SSSR count). The molecular formula is C22H25N3O2S. The van der Waals surface area contributed by atoms with E-state index in [0.717, 1.165) is 61.4 Å². The average Bonchev–Trinajstić information content (AvgIpc) is 2.75. The van der Waals surface area contributed by atoms with Crippen molar-refractivity contribution in [2.24, 2.45) is 0 Å². The fourth-order valence-electron chi connectivity index (χ4n) is 3.41. The second-order valence-electron chi connectivity index (χ2n) is 6.87. The summed E-state index contributed by atoms with van der Waals surface area (Å²) in [7, 11) is 0. The van der Waals surface area contributed by atoms with Crippen molar-refractivity contribution >= 4 is 22.7 Å². The number of aryl methyl sites for hydroxylation is 1. The molecule has 28 heavy (non-hydrogen) atoms. The van der Waals surface area contributed by atoms with Gasteiger partial charge >= 0.3 is 0 Å². The molecule has 1 fully saturated rings. The lowest BCUT2D eigenvalue weighted by Crippen LogP contribution is -2.37. The molecule has 0 aliphatic carbocycles. The molecule has 1 aliphatic heterocycles. The minimum Gasteiger partial charge on any atom is -0.379 e. The minimum atomic E-state index is -0.0104. The maximum absolute atomic E-state index is 13.3. The number of hydrogen-bond acceptors (Lipinski definition) is 5. The van der Waals surface area contributed by atoms with E-state index in [-0.39, 0.29) is 5.56 Å². The van der Waals surface area contributed by atoms with Crippen LogP contribution in [0.25, 0.3) is 16.6 Å². The Labute approximate surface area is 169 Å². The van der Waals surface area contributed by atoms with Gasteiger partial charge in [0.2, 0.25) is 0 Å². The predicted molar refractivity (Wildman–Crippen MR) is 115 cm³/mol. The van der Waals surface area contributed by atoms with E-state index in [9.17, 15) is 4.79 Å². The lowest BCUT2D eigenvalue weighted by molar-refractivity contribution is 0.0410. The summed E-state index contributed by atoms with van der Waals surface area (Å²) in [6.45, 7) is 6.63. The highest BCUT2D eigenvalue weighted by molar-refractivity contribution is 7.99. The lowest BCUT2D eigenvalue weighted by atomic mass is 10.1. The monoisotopic (exact) mass is 395 g/mol. The van der Waals surface area contributed by atoms with Crippen molar-refractivity contribution in [2.45, 2.75) is 18.5 Å². The number of benzene rings is 2. The van der Waals surface area contributed by atoms with Crippen molar-refractivity contribution < 1.29 is 4.74 Å². The van der Waals surface area contributed by atoms with Crippen LogP contribution >= 0.6 is 11.8 Å². The van der Waals surface area contributed by atoms with Crippen LogP contribution in [0, 0.1) is 0 Å². The van der Waals surface area contributed by atoms with Gasteiger partial charge in [0.25, 0.3) is 5.56 Å². The van der Waals surface area contributed by atoms with E-state index in [0.29, 0.717) is 5.39 Å². The topological polar surface area (TPSA) is 47.4 Å². The summed E-state index contributed by atoms with van der Waals surface area (Å²) in [5.41, 5.74) is 2.87. The highest BCUT2D eigenvalue weighted by Gasteiger charge is 2.15. The SMILES string of the molecule is CCc1ccc(-n2c(SCCN3CCOCC3)nc3ccccc3c2=O)cc1. The van der Waals surface area contributed by atoms with E-state index in [2.05, 4.69) is 24.0 Å². The van der Waals surface area contributed by atoms with Gasteiger partial charge in [0, 0.05) is 25.4 Å². The number of morpholine rings is 1. The number of hydrogen-bond donors (Lipinski definition) is 0. The molecule has 2 heterocycles. The molecule has 0 unspecified atom stereocenters. The average molecular weight is 396 g/mol. The minimum absolute atomic E-state index is 0.0104. The number of para-hydroxylation sites is 1. The molecule has 0 spiro atoms. The Bertz CT molecular complexity index is 995. The van der Waals surface area contributed by atoms with Crippen LogP contribution in [0.1, 0.15) is 12.5 Å². The van der Waals surface area contributed by atoms with Crippen LogP contribution in [0.5, 0.6) is 0 Å². The molecule has 6 heteroatoms. The quantitative estimate of drug-likeness (QED) is 0.473. The standard InChI is InChI=1S/C22H25N3O2S/c1-2-17-7-9-18(10-8-17)25-21(26)19-5-3-4-6-20(19)23-22(25)28-16-13-24-11-14-27-15-12-24/h3-10H,2,11-16H2,1H3. The summed E-state index contributed by atoms with van der Waals surface area (Å²) in [6, 6.07) is 15.8. The third-order valence-electron chi connectivity index (χ3n) is 5.09. The molecular weight excluding hydrogens is 370 g/mol. The first-order valence-electron chi connectivity index (χ1n) is 9.80. The zero-order valence-electron chi connectivity index (χ0n) is 16.1. The highest BCUT2D eigenvalue weighted by Crippen LogP contribution is 2.22. The Morgan fingerprint density at radius 3 is 2.57 bits per heavy atom. The van der Waals surface area contributed by atoms with Crippen LogP contribution < -0.4 is 5.56 Å². The van der Waals surface area contributed by atoms with Gasteiger partial charge in [-0.1, -0.05) is 43.0 Å². The Morgan fingerprint density at radius 2 is 1.82 bits per heavy atom. The summed E-state index contributed by atoms with van der Waals surface area (Å²) in [4.78, 5) is 20.5. The van der Waals surface area contributed by atoms with Gasteiger partial charge in [-0.25, -0.2) is 4.98 Å². The summed E-state index contributed by atoms with van der Waals surface area (Å²) in [5, 5.41) is 1.40. The van der Waals surface area contributed by atoms with E-state index in [1.54, 1.807) is 16.3 Å². The summed E-state index contributed by atoms with van der Waals surface area (Å²) in [6.07, 6.45) is 0.978. The van der Waals surface area contributed by atoms with Crippen LogP contribution in [-0.4, -0.2) is 53.1 Å². The molecule has 3 aromatic rings. The molecule has 1 aliphatic rings. The van der Waals surface area contributed by atoms with E-state index >= 15 is 0 Å². The molecule has 1 saturated heterocycles. The molecule has 0 bridgehead atoms. The van der Waals surface area contributed by atoms with Crippen LogP contribution in [0.15, 0.2) is 58.5 Å². The Hall–Kier alpha value is -2.15. The second-order valence-corrected chi connectivity index (χ2v) is 7.94. The van der Waals surface area contributed by atoms with Gasteiger partial charge in [-0.05, 0) is 36.2 Å². The molecule has 146 valence electrons. The summed E-state index contributed by atoms with van der Waals surface area (Å²) in [5.74, 6) is 0.887. The van der Waals surface area contributed by atoms with Crippen molar-refractivity contribution in [3.05, 3.63) is 64.4 Å². The van der Waals surface area contributed by atoms with Crippen molar-refractivity contribution in [2.75, 3.05) is 38.6 Å². The van der Waals surface area contributed by atoms with Crippen LogP contribution in [0.2, 0.25) is 0 Å². The molecule has 0 radical (unpaired) electrons. The van der Waals surface area contributed by atoms with Crippen LogP contribution in [0.4, 0.5) is 0 Å². The smallest absolute Gasteiger partial charge is 0.266 e. The first kappa shape index (κ1) is 19.2. The molecule has 0 saturated carbocycles. The van der Waals surface area contributed by atoms with Crippen LogP contribution in [-0.2, 0) is 11.2 Å². The third kappa shape index (κ3) is 4.14. The molecule has 2 aromatic carbocycles. The predicted octanol–water partition coefficient (Wildman–Crippen LogP) is 3.37. The summed E-state index contributed by atoms with van der Waals surface area (Å²) >= 11 is 1.64. The van der Waals surface area contributed by atoms with E-state index in [4.69, 9.17) is 9.72 Å². The fourth-order valence-corrected chi connectivity index (χ4v) is 4.42. The van der Waals surface area contributed by atoms with E-state index in [1.807, 2.05) is 36.4 Å². The number of nitrogens with zero attached hydrogens (tertiary/aromatic N) is 3. The summed E-state index contributed by atoms with van der Waals surface area (Å²) < 4.78 is 7.17. The zero-order valence-corrected chi connectivity index (χ0v) is 17.0. The molecule has 1 aromatic heterocycles. The van der Waals surface area contributed by atoms with Gasteiger partial charge in [0.15, 0.2) is 5.16 Å². The normalized spacial score (nSPS) is 15.2. The van der Waals surface area contributed by atoms with E-state index in [1.165, 1.54) is 5.56 Å². The first-order valence-corrected chi connectivity index (χ1v) is 10.8. The van der Waals surface area contributed by atoms with Crippen molar-refractivity contribution in [1.82, 2.24) is 14.5 Å². The zero-order chi connectivity index (χ0) is 19.3. The number of rotatable bonds is 6. The Morgan fingerprint density at radius 1 is 1.07 bits per heavy atom. The fraction of sp³-hybridized carbons (Fsp3) is 0.364. The van der Waals surface area contributed by atoms with Crippen molar-refractivity contribution in [1.29, 1.82) is 0 Å². The van der Waals surface area contributed by atoms with Crippen LogP contribution in [0.3, 0.4) is 0 Å². The van der Waals surface area contributed by atoms with Gasteiger partial charge in [0.1, 0.15) is 0 Å². The second kappa shape index (κ2) is 8.90. The van der Waals surface area contributed by atoms with Gasteiger partial charge in [0.05, 0.1) is 29.8 Å². The maximum Gasteiger partial charge on any atom is 0.266 e. The lowest BCUT2D eigenvalue weighted by Gasteiger charge is -2.26. The van der Waals surface area contributed by atoms with Crippen molar-refractivity contribution in [3.8, 4) is 5.69 Å². The highest BCUT2D eigenvalue weighted by atomic mass is 32.2. The van der Waals surface area contributed by atoms with Crippen molar-refractivity contribution in [3.63, 3.8) is 0 Å².